The molecule has 1 unspecified atom stereocenters. The molecule has 0 saturated carbocycles. The Labute approximate surface area is 210 Å². The molecular weight excluding hydrogens is 518 g/mol. The number of halogens is 1. The van der Waals surface area contributed by atoms with Crippen LogP contribution in [0, 0.1) is 6.92 Å². The van der Waals surface area contributed by atoms with Gasteiger partial charge in [0, 0.05) is 6.42 Å². The molecule has 3 N–H and O–H groups in total. The number of carbonyl (C=O) groups is 2. The summed E-state index contributed by atoms with van der Waals surface area (Å²) in [7, 11) is 3.70. The van der Waals surface area contributed by atoms with Crippen molar-refractivity contribution in [2.24, 2.45) is 0 Å². The first-order valence-corrected chi connectivity index (χ1v) is 12.6. The zero-order chi connectivity index (χ0) is 24.0. The van der Waals surface area contributed by atoms with Gasteiger partial charge in [-0.2, -0.15) is 0 Å². The van der Waals surface area contributed by atoms with Crippen LogP contribution in [0.25, 0.3) is 0 Å². The minimum atomic E-state index is -0.475. The van der Waals surface area contributed by atoms with Gasteiger partial charge >= 0.3 is 5.97 Å². The van der Waals surface area contributed by atoms with Gasteiger partial charge in [-0.05, 0) is 58.2 Å². The van der Waals surface area contributed by atoms with Crippen molar-refractivity contribution < 1.29 is 24.0 Å². The predicted octanol–water partition coefficient (Wildman–Crippen LogP) is 3.47. The lowest BCUT2D eigenvalue weighted by molar-refractivity contribution is -0.895. The van der Waals surface area contributed by atoms with Gasteiger partial charge in [-0.15, -0.1) is 11.3 Å². The number of thiophene rings is 1. The standard InChI is InChI=1S/C25H24BrN3O4S/c1-13-4-6-14(7-5-13)25(31)33-21-17(26)10-15(11-18(21)32-3)22-27-23(30)20-16-8-9-29(2)12-19(16)34-24(20)28-22/h4-7,10-11,22,28H,8-9,12H2,1-3H3,(H,27,30)/p+1/t22-/m0/s1. The summed E-state index contributed by atoms with van der Waals surface area (Å²) >= 11 is 5.18. The van der Waals surface area contributed by atoms with Crippen molar-refractivity contribution >= 4 is 44.1 Å². The minimum absolute atomic E-state index is 0.0687. The van der Waals surface area contributed by atoms with E-state index in [1.165, 1.54) is 22.5 Å². The average Bonchev–Trinajstić information content (AvgIpc) is 3.18. The van der Waals surface area contributed by atoms with E-state index >= 15 is 0 Å². The summed E-state index contributed by atoms with van der Waals surface area (Å²) in [5.41, 5.74) is 4.24. The summed E-state index contributed by atoms with van der Waals surface area (Å²) in [6, 6.07) is 10.8. The smallest absolute Gasteiger partial charge is 0.343 e. The summed E-state index contributed by atoms with van der Waals surface area (Å²) in [5.74, 6) is 0.136. The van der Waals surface area contributed by atoms with Crippen LogP contribution in [-0.2, 0) is 13.0 Å². The third-order valence-electron chi connectivity index (χ3n) is 6.20. The number of esters is 1. The fourth-order valence-corrected chi connectivity index (χ4v) is 6.27. The first-order valence-electron chi connectivity index (χ1n) is 11.0. The largest absolute Gasteiger partial charge is 0.493 e. The number of carbonyl (C=O) groups excluding carboxylic acids is 2. The van der Waals surface area contributed by atoms with E-state index < -0.39 is 12.1 Å². The Kier molecular flexibility index (Phi) is 6.09. The average molecular weight is 543 g/mol. The molecule has 1 amide bonds. The predicted molar refractivity (Wildman–Crippen MR) is 134 cm³/mol. The number of amides is 1. The van der Waals surface area contributed by atoms with E-state index in [2.05, 4.69) is 33.6 Å². The maximum atomic E-state index is 13.1. The Morgan fingerprint density at radius 3 is 2.71 bits per heavy atom. The quantitative estimate of drug-likeness (QED) is 0.347. The summed E-state index contributed by atoms with van der Waals surface area (Å²) in [4.78, 5) is 28.4. The number of aryl methyl sites for hydroxylation is 1. The molecule has 3 heterocycles. The van der Waals surface area contributed by atoms with E-state index in [0.29, 0.717) is 15.8 Å². The molecule has 34 heavy (non-hydrogen) atoms. The highest BCUT2D eigenvalue weighted by Gasteiger charge is 2.34. The molecule has 9 heteroatoms. The first-order chi connectivity index (χ1) is 16.3. The van der Waals surface area contributed by atoms with Gasteiger partial charge in [-0.1, -0.05) is 17.7 Å². The maximum Gasteiger partial charge on any atom is 0.343 e. The molecule has 2 aliphatic heterocycles. The van der Waals surface area contributed by atoms with Crippen LogP contribution in [0.2, 0.25) is 0 Å². The second-order valence-corrected chi connectivity index (χ2v) is 10.6. The summed E-state index contributed by atoms with van der Waals surface area (Å²) in [6.07, 6.45) is 0.477. The number of likely N-dealkylation sites (N-methyl/N-ethyl adjacent to an activating group) is 1. The Bertz CT molecular complexity index is 1290. The van der Waals surface area contributed by atoms with E-state index in [1.807, 2.05) is 25.1 Å². The lowest BCUT2D eigenvalue weighted by Crippen LogP contribution is -3.08. The van der Waals surface area contributed by atoms with Crippen LogP contribution in [0.5, 0.6) is 11.5 Å². The molecular formula is C25H25BrN3O4S+. The second kappa shape index (κ2) is 9.05. The third kappa shape index (κ3) is 4.19. The van der Waals surface area contributed by atoms with E-state index in [0.717, 1.165) is 41.2 Å². The molecule has 2 aromatic carbocycles. The summed E-state index contributed by atoms with van der Waals surface area (Å²) in [6.45, 7) is 3.92. The second-order valence-electron chi connectivity index (χ2n) is 8.68. The van der Waals surface area contributed by atoms with Crippen LogP contribution in [0.3, 0.4) is 0 Å². The Morgan fingerprint density at radius 1 is 1.21 bits per heavy atom. The highest BCUT2D eigenvalue weighted by atomic mass is 79.9. The molecule has 0 radical (unpaired) electrons. The summed E-state index contributed by atoms with van der Waals surface area (Å²) in [5, 5.41) is 7.45. The van der Waals surface area contributed by atoms with Gasteiger partial charge in [-0.25, -0.2) is 4.79 Å². The Morgan fingerprint density at radius 2 is 1.97 bits per heavy atom. The zero-order valence-electron chi connectivity index (χ0n) is 19.1. The summed E-state index contributed by atoms with van der Waals surface area (Å²) < 4.78 is 11.8. The lowest BCUT2D eigenvalue weighted by Gasteiger charge is -2.27. The Hall–Kier alpha value is -2.88. The normalized spacial score (nSPS) is 18.9. The topological polar surface area (TPSA) is 81.1 Å². The minimum Gasteiger partial charge on any atom is -0.493 e. The third-order valence-corrected chi connectivity index (χ3v) is 7.95. The Balaban J connectivity index is 1.42. The van der Waals surface area contributed by atoms with Crippen molar-refractivity contribution in [1.82, 2.24) is 5.32 Å². The number of quaternary nitrogens is 1. The maximum absolute atomic E-state index is 13.1. The SMILES string of the molecule is COc1cc([C@H]2NC(=O)c3c(sc4c3CC[NH+](C)C4)N2)cc(Br)c1OC(=O)c1ccc(C)cc1. The number of anilines is 1. The number of fused-ring (bicyclic) bond motifs is 3. The highest BCUT2D eigenvalue weighted by Crippen LogP contribution is 2.42. The molecule has 1 aromatic heterocycles. The van der Waals surface area contributed by atoms with E-state index in [4.69, 9.17) is 9.47 Å². The molecule has 0 bridgehead atoms. The van der Waals surface area contributed by atoms with Crippen molar-refractivity contribution in [3.05, 3.63) is 73.6 Å². The van der Waals surface area contributed by atoms with Gasteiger partial charge in [0.05, 0.1) is 41.2 Å². The molecule has 0 spiro atoms. The number of hydrogen-bond acceptors (Lipinski definition) is 6. The van der Waals surface area contributed by atoms with Crippen LogP contribution in [-0.4, -0.2) is 32.6 Å². The van der Waals surface area contributed by atoms with Crippen molar-refractivity contribution in [3.63, 3.8) is 0 Å². The first kappa shape index (κ1) is 22.9. The molecule has 0 aliphatic carbocycles. The fraction of sp³-hybridized carbons (Fsp3) is 0.280. The molecule has 7 nitrogen and oxygen atoms in total. The number of methoxy groups -OCH3 is 1. The van der Waals surface area contributed by atoms with E-state index in [9.17, 15) is 9.59 Å². The van der Waals surface area contributed by atoms with Crippen molar-refractivity contribution in [2.45, 2.75) is 26.1 Å². The van der Waals surface area contributed by atoms with Gasteiger partial charge in [-0.3, -0.25) is 4.79 Å². The van der Waals surface area contributed by atoms with E-state index in [-0.39, 0.29) is 11.7 Å². The van der Waals surface area contributed by atoms with Crippen molar-refractivity contribution in [1.29, 1.82) is 0 Å². The lowest BCUT2D eigenvalue weighted by atomic mass is 10.0. The number of nitrogens with one attached hydrogen (secondary N) is 3. The highest BCUT2D eigenvalue weighted by molar-refractivity contribution is 9.10. The number of hydrogen-bond donors (Lipinski definition) is 3. The number of benzene rings is 2. The molecule has 0 saturated heterocycles. The van der Waals surface area contributed by atoms with Crippen LogP contribution in [0.1, 0.15) is 48.4 Å². The fourth-order valence-electron chi connectivity index (χ4n) is 4.35. The van der Waals surface area contributed by atoms with Crippen LogP contribution in [0.15, 0.2) is 40.9 Å². The van der Waals surface area contributed by atoms with Gasteiger partial charge in [0.1, 0.15) is 17.7 Å². The van der Waals surface area contributed by atoms with Gasteiger partial charge < -0.3 is 25.0 Å². The van der Waals surface area contributed by atoms with Crippen LogP contribution < -0.4 is 25.0 Å². The molecule has 176 valence electrons. The van der Waals surface area contributed by atoms with Gasteiger partial charge in [0.25, 0.3) is 5.91 Å². The van der Waals surface area contributed by atoms with E-state index in [1.54, 1.807) is 29.5 Å². The molecule has 0 fully saturated rings. The number of rotatable bonds is 4. The molecule has 3 aromatic rings. The van der Waals surface area contributed by atoms with Crippen molar-refractivity contribution in [2.75, 3.05) is 26.0 Å². The van der Waals surface area contributed by atoms with Crippen LogP contribution >= 0.6 is 27.3 Å². The molecule has 2 aliphatic rings. The number of ether oxygens (including phenoxy) is 2. The molecule has 5 rings (SSSR count). The molecule has 2 atom stereocenters. The van der Waals surface area contributed by atoms with Crippen molar-refractivity contribution in [3.8, 4) is 11.5 Å². The van der Waals surface area contributed by atoms with Crippen LogP contribution in [0.4, 0.5) is 5.00 Å². The van der Waals surface area contributed by atoms with Gasteiger partial charge in [0.2, 0.25) is 0 Å². The zero-order valence-corrected chi connectivity index (χ0v) is 21.5. The van der Waals surface area contributed by atoms with Gasteiger partial charge in [0.15, 0.2) is 11.5 Å². The monoisotopic (exact) mass is 542 g/mol.